The lowest BCUT2D eigenvalue weighted by Gasteiger charge is -2.43. The van der Waals surface area contributed by atoms with Gasteiger partial charge in [0, 0.05) is 91.6 Å². The Morgan fingerprint density at radius 3 is 2.44 bits per heavy atom. The van der Waals surface area contributed by atoms with Crippen LogP contribution in [0.15, 0.2) is 66.7 Å². The first-order chi connectivity index (χ1) is 34.3. The van der Waals surface area contributed by atoms with Crippen molar-refractivity contribution in [2.24, 2.45) is 18.7 Å². The van der Waals surface area contributed by atoms with Gasteiger partial charge in [-0.15, -0.1) is 0 Å². The van der Waals surface area contributed by atoms with E-state index in [0.717, 1.165) is 94.0 Å². The Labute approximate surface area is 417 Å². The summed E-state index contributed by atoms with van der Waals surface area (Å²) in [6.45, 7) is 6.29. The van der Waals surface area contributed by atoms with E-state index < -0.39 is 35.1 Å². The van der Waals surface area contributed by atoms with Crippen LogP contribution in [-0.4, -0.2) is 102 Å². The van der Waals surface area contributed by atoms with Gasteiger partial charge in [-0.25, -0.2) is 13.6 Å². The summed E-state index contributed by atoms with van der Waals surface area (Å²) < 4.78 is 45.9. The molecule has 71 heavy (non-hydrogen) atoms. The summed E-state index contributed by atoms with van der Waals surface area (Å²) in [6, 6.07) is 20.1. The van der Waals surface area contributed by atoms with Crippen LogP contribution in [0.1, 0.15) is 110 Å². The Morgan fingerprint density at radius 2 is 1.72 bits per heavy atom. The number of piperidine rings is 2. The van der Waals surface area contributed by atoms with Crippen molar-refractivity contribution in [1.82, 2.24) is 30.2 Å². The second-order valence-electron chi connectivity index (χ2n) is 20.0. The second-order valence-corrected chi connectivity index (χ2v) is 20.4. The van der Waals surface area contributed by atoms with Gasteiger partial charge in [0.2, 0.25) is 17.7 Å². The number of carbonyl (C=O) groups is 4. The van der Waals surface area contributed by atoms with Crippen molar-refractivity contribution in [1.29, 1.82) is 0 Å². The van der Waals surface area contributed by atoms with Crippen LogP contribution in [0.4, 0.5) is 19.4 Å². The fourth-order valence-electron chi connectivity index (χ4n) is 12.3. The molecule has 5 aliphatic rings. The molecule has 5 aromatic rings. The lowest BCUT2D eigenvalue weighted by Crippen LogP contribution is -2.53. The molecule has 1 saturated carbocycles. The first-order valence-corrected chi connectivity index (χ1v) is 25.4. The molecule has 3 atom stereocenters. The molecule has 0 radical (unpaired) electrons. The normalized spacial score (nSPS) is 24.2. The Morgan fingerprint density at radius 1 is 0.958 bits per heavy atom. The second kappa shape index (κ2) is 19.8. The van der Waals surface area contributed by atoms with Crippen LogP contribution in [0, 0.1) is 17.6 Å². The Hall–Kier alpha value is -6.10. The average molecular weight is 992 g/mol. The third-order valence-electron chi connectivity index (χ3n) is 16.1. The van der Waals surface area contributed by atoms with Crippen LogP contribution in [-0.2, 0) is 22.2 Å². The molecule has 14 nitrogen and oxygen atoms in total. The molecule has 3 saturated heterocycles. The first-order valence-electron chi connectivity index (χ1n) is 25.0. The summed E-state index contributed by atoms with van der Waals surface area (Å²) in [6.07, 6.45) is 8.14. The standard InChI is InChI=1S/C54H61ClF2N8O6/c1-31-45-43(29-40(56)48(55)47(45)46-39(50(58)67)17-18-42(70-3)49(46)57)71-54(31,35-8-5-4-6-9-35)22-23-59-36-14-11-33(12-15-36)52(68)64-24-7-10-37(30-64)63-25-19-32(20-26-63)34-13-16-38-41(28-34)62(2)61-51(38)65-27-21-44(66)60-53(65)69/h4-6,8-9,13,16-18,28-29,31-33,36-37,59H,7,10-12,14-15,19-27,30H2,1-3H3,(H2,58,67)(H,60,66,69)/t31-,33?,36?,37?,54-/m0/s1. The van der Waals surface area contributed by atoms with E-state index in [1.807, 2.05) is 49.0 Å². The summed E-state index contributed by atoms with van der Waals surface area (Å²) in [5.41, 5.74) is 7.92. The van der Waals surface area contributed by atoms with E-state index in [0.29, 0.717) is 42.9 Å². The summed E-state index contributed by atoms with van der Waals surface area (Å²) in [5, 5.41) is 11.4. The zero-order valence-electron chi connectivity index (χ0n) is 40.4. The molecule has 5 amide bonds. The Balaban J connectivity index is 0.749. The molecule has 17 heteroatoms. The minimum atomic E-state index is -1.00. The number of halogens is 3. The van der Waals surface area contributed by atoms with Gasteiger partial charge in [-0.3, -0.25) is 34.2 Å². The topological polar surface area (TPSA) is 164 Å². The van der Waals surface area contributed by atoms with Crippen LogP contribution in [0.5, 0.6) is 11.5 Å². The number of hydrogen-bond donors (Lipinski definition) is 3. The molecule has 1 aliphatic carbocycles. The predicted octanol–water partition coefficient (Wildman–Crippen LogP) is 8.53. The molecule has 4 aliphatic heterocycles. The van der Waals surface area contributed by atoms with Crippen LogP contribution in [0.2, 0.25) is 5.02 Å². The Bertz CT molecular complexity index is 2880. The van der Waals surface area contributed by atoms with Gasteiger partial charge in [0.1, 0.15) is 17.2 Å². The third-order valence-corrected chi connectivity index (χ3v) is 16.5. The molecule has 1 unspecified atom stereocenters. The molecule has 374 valence electrons. The monoisotopic (exact) mass is 990 g/mol. The average Bonchev–Trinajstić information content (AvgIpc) is 3.86. The maximum atomic E-state index is 16.2. The number of benzene rings is 4. The SMILES string of the molecule is COc1ccc(C(N)=O)c(-c2c(Cl)c(F)cc3c2[C@H](C)[C@@](CCNC2CCC(C(=O)N4CCCC(N5CCC(c6ccc7c(N8CCC(=O)NC8=O)nn(C)c7c6)CC5)C4)CC2)(c2ccccc2)O3)c1F. The molecule has 10 rings (SSSR count). The zero-order valence-corrected chi connectivity index (χ0v) is 41.2. The van der Waals surface area contributed by atoms with Crippen LogP contribution >= 0.6 is 11.6 Å². The number of aromatic nitrogens is 2. The van der Waals surface area contributed by atoms with Gasteiger partial charge in [-0.1, -0.05) is 54.9 Å². The summed E-state index contributed by atoms with van der Waals surface area (Å²) >= 11 is 6.71. The smallest absolute Gasteiger partial charge is 0.329 e. The first kappa shape index (κ1) is 48.5. The number of fused-ring (bicyclic) bond motifs is 2. The number of anilines is 1. The molecule has 0 bridgehead atoms. The number of ether oxygens (including phenoxy) is 2. The van der Waals surface area contributed by atoms with Crippen molar-refractivity contribution in [2.75, 3.05) is 51.3 Å². The molecule has 0 spiro atoms. The van der Waals surface area contributed by atoms with E-state index in [1.165, 1.54) is 30.9 Å². The number of nitrogens with zero attached hydrogens (tertiary/aromatic N) is 5. The number of aryl methyl sites for hydroxylation is 1. The summed E-state index contributed by atoms with van der Waals surface area (Å²) in [5.74, 6) is -2.06. The maximum absolute atomic E-state index is 16.2. The van der Waals surface area contributed by atoms with Crippen LogP contribution < -0.4 is 30.7 Å². The number of methoxy groups -OCH3 is 1. The van der Waals surface area contributed by atoms with Crippen molar-refractivity contribution in [3.63, 3.8) is 0 Å². The van der Waals surface area contributed by atoms with E-state index in [9.17, 15) is 19.2 Å². The lowest BCUT2D eigenvalue weighted by atomic mass is 9.75. The zero-order chi connectivity index (χ0) is 49.7. The number of amides is 5. The highest BCUT2D eigenvalue weighted by molar-refractivity contribution is 6.34. The fraction of sp³-hybridized carbons (Fsp3) is 0.463. The molecule has 5 heterocycles. The third kappa shape index (κ3) is 9.00. The van der Waals surface area contributed by atoms with Gasteiger partial charge < -0.3 is 25.4 Å². The number of primary amides is 1. The predicted molar refractivity (Wildman–Crippen MR) is 267 cm³/mol. The van der Waals surface area contributed by atoms with E-state index >= 15 is 8.78 Å². The number of urea groups is 1. The minimum Gasteiger partial charge on any atom is -0.494 e. The highest BCUT2D eigenvalue weighted by Crippen LogP contribution is 2.58. The summed E-state index contributed by atoms with van der Waals surface area (Å²) in [7, 11) is 3.19. The summed E-state index contributed by atoms with van der Waals surface area (Å²) in [4.78, 5) is 57.4. The number of carbonyl (C=O) groups excluding carboxylic acids is 4. The molecular formula is C54H61ClF2N8O6. The molecule has 1 aromatic heterocycles. The lowest BCUT2D eigenvalue weighted by molar-refractivity contribution is -0.139. The maximum Gasteiger partial charge on any atom is 0.329 e. The van der Waals surface area contributed by atoms with E-state index in [4.69, 9.17) is 26.8 Å². The van der Waals surface area contributed by atoms with Crippen molar-refractivity contribution in [3.8, 4) is 22.6 Å². The van der Waals surface area contributed by atoms with E-state index in [2.05, 4.69) is 43.7 Å². The van der Waals surface area contributed by atoms with Gasteiger partial charge in [0.25, 0.3) is 0 Å². The quantitative estimate of drug-likeness (QED) is 0.111. The van der Waals surface area contributed by atoms with Gasteiger partial charge in [0.05, 0.1) is 23.2 Å². The molecule has 4 fully saturated rings. The van der Waals surface area contributed by atoms with Gasteiger partial charge >= 0.3 is 6.03 Å². The van der Waals surface area contributed by atoms with Gasteiger partial charge in [0.15, 0.2) is 17.4 Å². The van der Waals surface area contributed by atoms with Gasteiger partial charge in [-0.2, -0.15) is 5.10 Å². The number of nitrogens with two attached hydrogens (primary N) is 1. The van der Waals surface area contributed by atoms with Crippen molar-refractivity contribution in [3.05, 3.63) is 106 Å². The largest absolute Gasteiger partial charge is 0.494 e. The van der Waals surface area contributed by atoms with Crippen molar-refractivity contribution in [2.45, 2.75) is 101 Å². The Kier molecular flexibility index (Phi) is 13.6. The van der Waals surface area contributed by atoms with Crippen molar-refractivity contribution >= 4 is 52.1 Å². The number of imide groups is 1. The number of likely N-dealkylation sites (tertiary alicyclic amines) is 2. The number of nitrogens with one attached hydrogen (secondary N) is 2. The van der Waals surface area contributed by atoms with E-state index in [-0.39, 0.29) is 63.4 Å². The van der Waals surface area contributed by atoms with Gasteiger partial charge in [-0.05, 0) is 112 Å². The highest BCUT2D eigenvalue weighted by Gasteiger charge is 2.50. The molecular weight excluding hydrogens is 930 g/mol. The molecule has 4 N–H and O–H groups in total. The van der Waals surface area contributed by atoms with Crippen molar-refractivity contribution < 1.29 is 37.4 Å². The highest BCUT2D eigenvalue weighted by atomic mass is 35.5. The fourth-order valence-corrected chi connectivity index (χ4v) is 12.5. The number of hydrogen-bond acceptors (Lipinski definition) is 9. The number of rotatable bonds is 12. The van der Waals surface area contributed by atoms with E-state index in [1.54, 1.807) is 4.90 Å². The van der Waals surface area contributed by atoms with Crippen LogP contribution in [0.25, 0.3) is 22.0 Å². The van der Waals surface area contributed by atoms with Crippen LogP contribution in [0.3, 0.4) is 0 Å². The molecule has 4 aromatic carbocycles. The minimum absolute atomic E-state index is 0.0114.